The third-order valence-electron chi connectivity index (χ3n) is 4.35. The minimum absolute atomic E-state index is 0.0154. The van der Waals surface area contributed by atoms with Crippen molar-refractivity contribution in [3.63, 3.8) is 0 Å². The van der Waals surface area contributed by atoms with Gasteiger partial charge in [0.05, 0.1) is 11.7 Å². The van der Waals surface area contributed by atoms with Crippen LogP contribution in [0, 0.1) is 6.92 Å². The van der Waals surface area contributed by atoms with Crippen molar-refractivity contribution in [1.29, 1.82) is 0 Å². The molecule has 2 aromatic carbocycles. The molecule has 5 nitrogen and oxygen atoms in total. The van der Waals surface area contributed by atoms with Crippen LogP contribution in [0.1, 0.15) is 29.8 Å². The lowest BCUT2D eigenvalue weighted by Gasteiger charge is -2.29. The number of hydrogen-bond acceptors (Lipinski definition) is 4. The summed E-state index contributed by atoms with van der Waals surface area (Å²) in [5.41, 5.74) is 3.58. The van der Waals surface area contributed by atoms with Gasteiger partial charge in [-0.1, -0.05) is 6.07 Å². The topological polar surface area (TPSA) is 53.6 Å². The van der Waals surface area contributed by atoms with Crippen molar-refractivity contribution in [2.24, 2.45) is 0 Å². The molecular formula is C21H27N3O2. The highest BCUT2D eigenvalue weighted by Gasteiger charge is 2.15. The second-order valence-electron chi connectivity index (χ2n) is 6.90. The molecule has 1 aliphatic rings. The second-order valence-corrected chi connectivity index (χ2v) is 6.90. The molecule has 3 rings (SSSR count). The van der Waals surface area contributed by atoms with E-state index in [4.69, 9.17) is 4.74 Å². The summed E-state index contributed by atoms with van der Waals surface area (Å²) >= 11 is 0. The summed E-state index contributed by atoms with van der Waals surface area (Å²) in [6.07, 6.45) is 0.0154. The number of aryl methyl sites for hydroxylation is 1. The minimum atomic E-state index is -0.157. The van der Waals surface area contributed by atoms with E-state index in [9.17, 15) is 4.79 Å². The van der Waals surface area contributed by atoms with Crippen LogP contribution in [0.2, 0.25) is 0 Å². The summed E-state index contributed by atoms with van der Waals surface area (Å²) in [4.78, 5) is 15.0. The summed E-state index contributed by atoms with van der Waals surface area (Å²) in [5, 5.41) is 6.32. The van der Waals surface area contributed by atoms with Crippen LogP contribution in [-0.2, 0) is 0 Å². The number of nitrogens with one attached hydrogen (secondary N) is 2. The summed E-state index contributed by atoms with van der Waals surface area (Å²) < 4.78 is 5.81. The minimum Gasteiger partial charge on any atom is -0.490 e. The Morgan fingerprint density at radius 1 is 1.12 bits per heavy atom. The number of ether oxygens (including phenoxy) is 1. The van der Waals surface area contributed by atoms with Gasteiger partial charge in [0.1, 0.15) is 5.75 Å². The van der Waals surface area contributed by atoms with Crippen LogP contribution in [-0.4, -0.2) is 38.2 Å². The number of benzene rings is 2. The maximum Gasteiger partial charge on any atom is 0.259 e. The van der Waals surface area contributed by atoms with Gasteiger partial charge in [0, 0.05) is 37.6 Å². The van der Waals surface area contributed by atoms with Crippen LogP contribution >= 0.6 is 0 Å². The van der Waals surface area contributed by atoms with E-state index in [0.717, 1.165) is 37.4 Å². The maximum absolute atomic E-state index is 12.7. The molecule has 0 spiro atoms. The summed E-state index contributed by atoms with van der Waals surface area (Å²) in [6.45, 7) is 9.92. The van der Waals surface area contributed by atoms with E-state index in [1.165, 1.54) is 5.69 Å². The Hall–Kier alpha value is -2.53. The highest BCUT2D eigenvalue weighted by molar-refractivity contribution is 6.06. The van der Waals surface area contributed by atoms with Gasteiger partial charge in [0.2, 0.25) is 0 Å². The molecule has 1 fully saturated rings. The van der Waals surface area contributed by atoms with Crippen molar-refractivity contribution in [2.45, 2.75) is 26.9 Å². The van der Waals surface area contributed by atoms with E-state index >= 15 is 0 Å². The highest BCUT2D eigenvalue weighted by atomic mass is 16.5. The first kappa shape index (κ1) is 18.3. The Kier molecular flexibility index (Phi) is 5.78. The Labute approximate surface area is 155 Å². The van der Waals surface area contributed by atoms with Gasteiger partial charge in [-0.25, -0.2) is 0 Å². The van der Waals surface area contributed by atoms with E-state index in [0.29, 0.717) is 11.3 Å². The van der Waals surface area contributed by atoms with Crippen molar-refractivity contribution in [2.75, 3.05) is 36.4 Å². The van der Waals surface area contributed by atoms with Crippen LogP contribution in [0.4, 0.5) is 11.4 Å². The molecule has 1 heterocycles. The fourth-order valence-electron chi connectivity index (χ4n) is 3.05. The fraction of sp³-hybridized carbons (Fsp3) is 0.381. The van der Waals surface area contributed by atoms with Crippen molar-refractivity contribution in [3.8, 4) is 5.75 Å². The molecule has 5 heteroatoms. The number of nitrogens with zero attached hydrogens (tertiary/aromatic N) is 1. The molecule has 0 unspecified atom stereocenters. The molecule has 0 radical (unpaired) electrons. The molecule has 0 atom stereocenters. The monoisotopic (exact) mass is 353 g/mol. The average molecular weight is 353 g/mol. The molecule has 26 heavy (non-hydrogen) atoms. The van der Waals surface area contributed by atoms with Crippen LogP contribution in [0.15, 0.2) is 42.5 Å². The number of piperazine rings is 1. The van der Waals surface area contributed by atoms with Crippen LogP contribution < -0.4 is 20.3 Å². The highest BCUT2D eigenvalue weighted by Crippen LogP contribution is 2.24. The third-order valence-corrected chi connectivity index (χ3v) is 4.35. The van der Waals surface area contributed by atoms with Crippen LogP contribution in [0.5, 0.6) is 5.75 Å². The summed E-state index contributed by atoms with van der Waals surface area (Å²) in [6, 6.07) is 13.7. The molecule has 2 N–H and O–H groups in total. The van der Waals surface area contributed by atoms with E-state index in [-0.39, 0.29) is 12.0 Å². The van der Waals surface area contributed by atoms with Crippen molar-refractivity contribution < 1.29 is 9.53 Å². The first-order chi connectivity index (χ1) is 12.5. The zero-order valence-corrected chi connectivity index (χ0v) is 15.7. The molecular weight excluding hydrogens is 326 g/mol. The second kappa shape index (κ2) is 8.23. The lowest BCUT2D eigenvalue weighted by Crippen LogP contribution is -2.43. The van der Waals surface area contributed by atoms with Gasteiger partial charge in [-0.15, -0.1) is 0 Å². The van der Waals surface area contributed by atoms with Gasteiger partial charge in [-0.3, -0.25) is 4.79 Å². The van der Waals surface area contributed by atoms with Gasteiger partial charge in [0.25, 0.3) is 5.91 Å². The van der Waals surface area contributed by atoms with Gasteiger partial charge in [-0.2, -0.15) is 0 Å². The molecule has 0 aliphatic carbocycles. The van der Waals surface area contributed by atoms with Gasteiger partial charge in [-0.05, 0) is 62.7 Å². The quantitative estimate of drug-likeness (QED) is 0.865. The number of carbonyl (C=O) groups excluding carboxylic acids is 1. The number of carbonyl (C=O) groups is 1. The average Bonchev–Trinajstić information content (AvgIpc) is 2.62. The predicted molar refractivity (Wildman–Crippen MR) is 106 cm³/mol. The normalized spacial score (nSPS) is 14.4. The lowest BCUT2D eigenvalue weighted by molar-refractivity contribution is 0.102. The van der Waals surface area contributed by atoms with E-state index in [2.05, 4.69) is 27.7 Å². The van der Waals surface area contributed by atoms with Crippen LogP contribution in [0.3, 0.4) is 0 Å². The van der Waals surface area contributed by atoms with Gasteiger partial charge in [0.15, 0.2) is 0 Å². The van der Waals surface area contributed by atoms with E-state index in [1.807, 2.05) is 51.1 Å². The molecule has 0 saturated carbocycles. The van der Waals surface area contributed by atoms with Crippen molar-refractivity contribution in [3.05, 3.63) is 53.6 Å². The SMILES string of the molecule is Cc1ccc(C(=O)Nc2ccc(N3CCNCC3)cc2)c(OC(C)C)c1. The first-order valence-corrected chi connectivity index (χ1v) is 9.17. The zero-order chi connectivity index (χ0) is 18.5. The molecule has 0 bridgehead atoms. The first-order valence-electron chi connectivity index (χ1n) is 9.17. The van der Waals surface area contributed by atoms with Crippen LogP contribution in [0.25, 0.3) is 0 Å². The van der Waals surface area contributed by atoms with Crippen molar-refractivity contribution >= 4 is 17.3 Å². The van der Waals surface area contributed by atoms with Crippen molar-refractivity contribution in [1.82, 2.24) is 5.32 Å². The number of rotatable bonds is 5. The lowest BCUT2D eigenvalue weighted by atomic mass is 10.1. The largest absolute Gasteiger partial charge is 0.490 e. The van der Waals surface area contributed by atoms with E-state index < -0.39 is 0 Å². The maximum atomic E-state index is 12.7. The molecule has 138 valence electrons. The Bertz CT molecular complexity index is 750. The number of anilines is 2. The fourth-order valence-corrected chi connectivity index (χ4v) is 3.05. The standard InChI is InChI=1S/C21H27N3O2/c1-15(2)26-20-14-16(3)4-9-19(20)21(25)23-17-5-7-18(8-6-17)24-12-10-22-11-13-24/h4-9,14-15,22H,10-13H2,1-3H3,(H,23,25). The number of hydrogen-bond donors (Lipinski definition) is 2. The third kappa shape index (κ3) is 4.55. The zero-order valence-electron chi connectivity index (χ0n) is 15.7. The molecule has 1 aliphatic heterocycles. The van der Waals surface area contributed by atoms with E-state index in [1.54, 1.807) is 0 Å². The van der Waals surface area contributed by atoms with Gasteiger partial charge < -0.3 is 20.3 Å². The molecule has 1 saturated heterocycles. The smallest absolute Gasteiger partial charge is 0.259 e. The molecule has 0 aromatic heterocycles. The van der Waals surface area contributed by atoms with Gasteiger partial charge >= 0.3 is 0 Å². The molecule has 2 aromatic rings. The predicted octanol–water partition coefficient (Wildman–Crippen LogP) is 3.44. The Morgan fingerprint density at radius 2 is 1.81 bits per heavy atom. The molecule has 1 amide bonds. The Morgan fingerprint density at radius 3 is 2.46 bits per heavy atom. The summed E-state index contributed by atoms with van der Waals surface area (Å²) in [5.74, 6) is 0.463. The summed E-state index contributed by atoms with van der Waals surface area (Å²) in [7, 11) is 0. The number of amides is 1. The Balaban J connectivity index is 1.71.